The fraction of sp³-hybridized carbons (Fsp3) is 0.714. The molecule has 0 spiro atoms. The number of carbonyl (C=O) groups is 4. The Morgan fingerprint density at radius 2 is 2.22 bits per heavy atom. The molecule has 1 amide bonds. The number of methoxy groups -OCH3 is 1. The number of hydrogen-bond acceptors (Lipinski definition) is 8. The quantitative estimate of drug-likeness (QED) is 0.393. The van der Waals surface area contributed by atoms with Crippen LogP contribution in [0.15, 0.2) is 0 Å². The van der Waals surface area contributed by atoms with Gasteiger partial charge in [0.05, 0.1) is 13.7 Å². The molecule has 2 aliphatic heterocycles. The van der Waals surface area contributed by atoms with E-state index >= 15 is 0 Å². The summed E-state index contributed by atoms with van der Waals surface area (Å²) >= 11 is 0. The van der Waals surface area contributed by atoms with Crippen molar-refractivity contribution < 1.29 is 38.1 Å². The molecule has 2 heterocycles. The second-order valence-electron chi connectivity index (χ2n) is 5.49. The Kier molecular flexibility index (Phi) is 5.19. The largest absolute Gasteiger partial charge is 0.469 e. The lowest BCUT2D eigenvalue weighted by Crippen LogP contribution is -2.56. The molecule has 2 saturated heterocycles. The van der Waals surface area contributed by atoms with Crippen molar-refractivity contribution in [2.45, 2.75) is 38.3 Å². The van der Waals surface area contributed by atoms with E-state index in [9.17, 15) is 19.2 Å². The van der Waals surface area contributed by atoms with E-state index in [1.54, 1.807) is 0 Å². The Bertz CT molecular complexity index is 507. The molecule has 0 saturated carbocycles. The number of nitrogens with one attached hydrogen (secondary N) is 1. The van der Waals surface area contributed by atoms with Gasteiger partial charge >= 0.3 is 11.9 Å². The highest BCUT2D eigenvalue weighted by Crippen LogP contribution is 2.47. The van der Waals surface area contributed by atoms with Gasteiger partial charge in [-0.15, -0.1) is 0 Å². The standard InChI is InChI=1S/C14H19NO8/c1-8(17)22-14-6-15-11(18)5-10(14)9(3-4-12(19)20-2)13(23-14)21-7-16/h7,9-10,13H,3-6H2,1-2H3,(H,15,18)/t9-,10-,13+,14-/m1/s1. The van der Waals surface area contributed by atoms with Crippen LogP contribution in [0, 0.1) is 11.8 Å². The summed E-state index contributed by atoms with van der Waals surface area (Å²) in [6.07, 6.45) is -0.629. The zero-order valence-corrected chi connectivity index (χ0v) is 12.9. The van der Waals surface area contributed by atoms with Gasteiger partial charge in [-0.3, -0.25) is 23.9 Å². The summed E-state index contributed by atoms with van der Waals surface area (Å²) in [5.41, 5.74) is 0. The summed E-state index contributed by atoms with van der Waals surface area (Å²) in [5.74, 6) is -3.62. The van der Waals surface area contributed by atoms with E-state index in [0.717, 1.165) is 0 Å². The molecule has 0 unspecified atom stereocenters. The fourth-order valence-electron chi connectivity index (χ4n) is 3.15. The lowest BCUT2D eigenvalue weighted by atomic mass is 9.80. The Balaban J connectivity index is 2.24. The minimum Gasteiger partial charge on any atom is -0.469 e. The van der Waals surface area contributed by atoms with Crippen LogP contribution < -0.4 is 5.32 Å². The van der Waals surface area contributed by atoms with E-state index in [1.807, 2.05) is 0 Å². The lowest BCUT2D eigenvalue weighted by Gasteiger charge is -2.37. The summed E-state index contributed by atoms with van der Waals surface area (Å²) in [6, 6.07) is 0. The number of rotatable bonds is 6. The van der Waals surface area contributed by atoms with Crippen molar-refractivity contribution in [1.29, 1.82) is 0 Å². The van der Waals surface area contributed by atoms with Gasteiger partial charge in [-0.05, 0) is 6.42 Å². The average Bonchev–Trinajstić information content (AvgIpc) is 2.77. The van der Waals surface area contributed by atoms with Crippen molar-refractivity contribution in [3.05, 3.63) is 0 Å². The summed E-state index contributed by atoms with van der Waals surface area (Å²) in [7, 11) is 1.27. The summed E-state index contributed by atoms with van der Waals surface area (Å²) in [5, 5.41) is 2.58. The fourth-order valence-corrected chi connectivity index (χ4v) is 3.15. The molecular weight excluding hydrogens is 310 g/mol. The first-order valence-electron chi connectivity index (χ1n) is 7.22. The first kappa shape index (κ1) is 17.2. The second kappa shape index (κ2) is 6.95. The van der Waals surface area contributed by atoms with Gasteiger partial charge in [-0.1, -0.05) is 0 Å². The third-order valence-corrected chi connectivity index (χ3v) is 4.10. The van der Waals surface area contributed by atoms with E-state index in [2.05, 4.69) is 10.1 Å². The first-order valence-corrected chi connectivity index (χ1v) is 7.22. The van der Waals surface area contributed by atoms with Gasteiger partial charge in [-0.2, -0.15) is 0 Å². The lowest BCUT2D eigenvalue weighted by molar-refractivity contribution is -0.265. The van der Waals surface area contributed by atoms with Gasteiger partial charge in [0.1, 0.15) is 0 Å². The summed E-state index contributed by atoms with van der Waals surface area (Å²) in [4.78, 5) is 45.2. The van der Waals surface area contributed by atoms with Crippen LogP contribution in [0.5, 0.6) is 0 Å². The van der Waals surface area contributed by atoms with Crippen LogP contribution >= 0.6 is 0 Å². The minimum atomic E-state index is -1.39. The maximum absolute atomic E-state index is 11.7. The SMILES string of the molecule is COC(=O)CC[C@H]1[C@@H](OC=O)O[C@]2(OC(C)=O)CNC(=O)C[C@H]12. The number of fused-ring (bicyclic) bond motifs is 1. The molecule has 23 heavy (non-hydrogen) atoms. The molecule has 2 aliphatic rings. The predicted molar refractivity (Wildman–Crippen MR) is 72.4 cm³/mol. The van der Waals surface area contributed by atoms with E-state index in [-0.39, 0.29) is 38.2 Å². The molecule has 0 aliphatic carbocycles. The highest BCUT2D eigenvalue weighted by molar-refractivity contribution is 5.78. The molecule has 0 bridgehead atoms. The highest BCUT2D eigenvalue weighted by Gasteiger charge is 2.60. The second-order valence-corrected chi connectivity index (χ2v) is 5.49. The molecule has 0 aromatic carbocycles. The Morgan fingerprint density at radius 3 is 2.83 bits per heavy atom. The van der Waals surface area contributed by atoms with Gasteiger partial charge in [0.25, 0.3) is 6.47 Å². The zero-order chi connectivity index (χ0) is 17.0. The molecule has 2 rings (SSSR count). The van der Waals surface area contributed by atoms with Crippen LogP contribution in [0.25, 0.3) is 0 Å². The molecule has 2 fully saturated rings. The molecular formula is C14H19NO8. The van der Waals surface area contributed by atoms with Gasteiger partial charge in [0.15, 0.2) is 0 Å². The Hall–Kier alpha value is -2.16. The van der Waals surface area contributed by atoms with Crippen molar-refractivity contribution in [1.82, 2.24) is 5.32 Å². The van der Waals surface area contributed by atoms with Crippen LogP contribution in [0.3, 0.4) is 0 Å². The third kappa shape index (κ3) is 3.61. The molecule has 1 N–H and O–H groups in total. The molecule has 128 valence electrons. The van der Waals surface area contributed by atoms with Crippen molar-refractivity contribution in [3.63, 3.8) is 0 Å². The number of hydrogen-bond donors (Lipinski definition) is 1. The van der Waals surface area contributed by atoms with Crippen LogP contribution in [-0.2, 0) is 38.1 Å². The first-order chi connectivity index (χ1) is 10.9. The molecule has 0 aromatic heterocycles. The number of carbonyl (C=O) groups excluding carboxylic acids is 4. The molecule has 0 radical (unpaired) electrons. The van der Waals surface area contributed by atoms with E-state index in [4.69, 9.17) is 14.2 Å². The number of amides is 1. The van der Waals surface area contributed by atoms with Gasteiger partial charge in [0.2, 0.25) is 18.0 Å². The van der Waals surface area contributed by atoms with Crippen molar-refractivity contribution in [2.75, 3.05) is 13.7 Å². The molecule has 9 nitrogen and oxygen atoms in total. The Labute approximate surface area is 132 Å². The van der Waals surface area contributed by atoms with E-state index in [1.165, 1.54) is 14.0 Å². The van der Waals surface area contributed by atoms with Gasteiger partial charge in [0, 0.05) is 31.6 Å². The number of piperidine rings is 1. The van der Waals surface area contributed by atoms with Crippen molar-refractivity contribution >= 4 is 24.3 Å². The average molecular weight is 329 g/mol. The van der Waals surface area contributed by atoms with Crippen LogP contribution in [0.4, 0.5) is 0 Å². The minimum absolute atomic E-state index is 0.0382. The highest BCUT2D eigenvalue weighted by atomic mass is 16.8. The third-order valence-electron chi connectivity index (χ3n) is 4.10. The molecule has 4 atom stereocenters. The van der Waals surface area contributed by atoms with Crippen LogP contribution in [0.1, 0.15) is 26.2 Å². The maximum atomic E-state index is 11.7. The topological polar surface area (TPSA) is 117 Å². The zero-order valence-electron chi connectivity index (χ0n) is 12.9. The van der Waals surface area contributed by atoms with Gasteiger partial charge < -0.3 is 19.5 Å². The van der Waals surface area contributed by atoms with E-state index in [0.29, 0.717) is 0 Å². The summed E-state index contributed by atoms with van der Waals surface area (Å²) < 4.78 is 20.5. The predicted octanol–water partition coefficient (Wildman–Crippen LogP) is -0.519. The monoisotopic (exact) mass is 329 g/mol. The number of esters is 2. The maximum Gasteiger partial charge on any atom is 0.305 e. The van der Waals surface area contributed by atoms with Crippen molar-refractivity contribution in [3.8, 4) is 0 Å². The van der Waals surface area contributed by atoms with E-state index < -0.39 is 35.9 Å². The van der Waals surface area contributed by atoms with Crippen LogP contribution in [0.2, 0.25) is 0 Å². The molecule has 0 aromatic rings. The van der Waals surface area contributed by atoms with Gasteiger partial charge in [-0.25, -0.2) is 0 Å². The normalized spacial score (nSPS) is 32.4. The smallest absolute Gasteiger partial charge is 0.305 e. The Morgan fingerprint density at radius 1 is 1.48 bits per heavy atom. The molecule has 9 heteroatoms. The van der Waals surface area contributed by atoms with Crippen LogP contribution in [-0.4, -0.2) is 50.0 Å². The summed E-state index contributed by atoms with van der Waals surface area (Å²) in [6.45, 7) is 1.41. The van der Waals surface area contributed by atoms with Crippen molar-refractivity contribution in [2.24, 2.45) is 11.8 Å². The number of ether oxygens (including phenoxy) is 4.